The molecular formula is C27H33ClN6O6S2. The van der Waals surface area contributed by atoms with Crippen LogP contribution in [0.3, 0.4) is 0 Å². The average Bonchev–Trinajstić information content (AvgIpc) is 3.54. The van der Waals surface area contributed by atoms with Gasteiger partial charge in [-0.2, -0.15) is 4.31 Å². The van der Waals surface area contributed by atoms with Gasteiger partial charge in [-0.15, -0.1) is 11.3 Å². The molecule has 12 nitrogen and oxygen atoms in total. The monoisotopic (exact) mass is 636 g/mol. The van der Waals surface area contributed by atoms with Crippen LogP contribution in [0.2, 0.25) is 5.02 Å². The molecule has 0 aliphatic carbocycles. The molecule has 1 fully saturated rings. The molecule has 5 rings (SSSR count). The van der Waals surface area contributed by atoms with Crippen LogP contribution in [-0.4, -0.2) is 102 Å². The molecule has 1 saturated heterocycles. The Kier molecular flexibility index (Phi) is 8.13. The zero-order valence-electron chi connectivity index (χ0n) is 23.9. The summed E-state index contributed by atoms with van der Waals surface area (Å²) >= 11 is 7.28. The van der Waals surface area contributed by atoms with E-state index in [2.05, 4.69) is 15.3 Å². The van der Waals surface area contributed by atoms with Crippen molar-refractivity contribution in [2.45, 2.75) is 56.4 Å². The second-order valence-corrected chi connectivity index (χ2v) is 14.8. The lowest BCUT2D eigenvalue weighted by Crippen LogP contribution is -2.61. The van der Waals surface area contributed by atoms with Crippen molar-refractivity contribution < 1.29 is 27.5 Å². The molecule has 226 valence electrons. The first kappa shape index (κ1) is 30.4. The normalized spacial score (nSPS) is 20.4. The maximum Gasteiger partial charge on any atom is 0.324 e. The summed E-state index contributed by atoms with van der Waals surface area (Å²) in [5.41, 5.74) is 0.629. The third kappa shape index (κ3) is 5.91. The molecule has 2 amide bonds. The van der Waals surface area contributed by atoms with Crippen molar-refractivity contribution in [3.8, 4) is 0 Å². The number of rotatable bonds is 5. The van der Waals surface area contributed by atoms with Crippen molar-refractivity contribution in [1.29, 1.82) is 0 Å². The number of benzene rings is 1. The fourth-order valence-corrected chi connectivity index (χ4v) is 7.90. The number of amides is 2. The van der Waals surface area contributed by atoms with Crippen LogP contribution in [0, 0.1) is 0 Å². The number of aromatic nitrogens is 2. The van der Waals surface area contributed by atoms with E-state index in [1.54, 1.807) is 18.2 Å². The highest BCUT2D eigenvalue weighted by Crippen LogP contribution is 2.31. The van der Waals surface area contributed by atoms with Crippen LogP contribution < -0.4 is 5.32 Å². The molecular weight excluding hydrogens is 604 g/mol. The Morgan fingerprint density at radius 1 is 1.17 bits per heavy atom. The van der Waals surface area contributed by atoms with Crippen LogP contribution >= 0.6 is 22.9 Å². The number of nitrogens with zero attached hydrogens (tertiary/aromatic N) is 4. The average molecular weight is 637 g/mol. The molecule has 0 spiro atoms. The molecule has 0 radical (unpaired) electrons. The molecule has 0 saturated carbocycles. The minimum atomic E-state index is -4.01. The van der Waals surface area contributed by atoms with Gasteiger partial charge < -0.3 is 19.9 Å². The standard InChI is InChI=1S/C27H33ClN6O6S2/c1-27(2,3)40-26(37)19-12-18-21(14-32(19)5)41-24(31-18)25(36)34-9-8-33(13-20(34)23(35)29-4)42(38,39)22-11-15-10-16(28)6-7-17(15)30-22/h6-7,10-11,19-20,30H,8-9,12-14H2,1-5H3,(H,29,35). The molecule has 2 unspecified atom stereocenters. The summed E-state index contributed by atoms with van der Waals surface area (Å²) in [5.74, 6) is -1.30. The van der Waals surface area contributed by atoms with Crippen molar-refractivity contribution in [1.82, 2.24) is 29.4 Å². The van der Waals surface area contributed by atoms with Gasteiger partial charge in [0.15, 0.2) is 5.01 Å². The van der Waals surface area contributed by atoms with E-state index < -0.39 is 39.5 Å². The zero-order valence-corrected chi connectivity index (χ0v) is 26.3. The van der Waals surface area contributed by atoms with Crippen LogP contribution in [-0.2, 0) is 37.3 Å². The molecule has 0 bridgehead atoms. The van der Waals surface area contributed by atoms with Crippen LogP contribution in [0.5, 0.6) is 0 Å². The van der Waals surface area contributed by atoms with Crippen molar-refractivity contribution in [3.63, 3.8) is 0 Å². The number of esters is 1. The topological polar surface area (TPSA) is 145 Å². The zero-order chi connectivity index (χ0) is 30.6. The highest BCUT2D eigenvalue weighted by Gasteiger charge is 2.42. The largest absolute Gasteiger partial charge is 0.459 e. The Hall–Kier alpha value is -3.04. The van der Waals surface area contributed by atoms with E-state index in [0.717, 1.165) is 4.88 Å². The highest BCUT2D eigenvalue weighted by atomic mass is 35.5. The number of fused-ring (bicyclic) bond motifs is 2. The summed E-state index contributed by atoms with van der Waals surface area (Å²) in [6, 6.07) is 4.93. The first-order chi connectivity index (χ1) is 19.7. The number of carbonyl (C=O) groups is 3. The van der Waals surface area contributed by atoms with E-state index in [9.17, 15) is 22.8 Å². The van der Waals surface area contributed by atoms with E-state index in [4.69, 9.17) is 16.3 Å². The quantitative estimate of drug-likeness (QED) is 0.406. The van der Waals surface area contributed by atoms with Gasteiger partial charge >= 0.3 is 5.97 Å². The van der Waals surface area contributed by atoms with Gasteiger partial charge in [0.25, 0.3) is 15.9 Å². The second-order valence-electron chi connectivity index (χ2n) is 11.4. The Balaban J connectivity index is 1.36. The second kappa shape index (κ2) is 11.2. The third-order valence-corrected chi connectivity index (χ3v) is 10.4. The van der Waals surface area contributed by atoms with Gasteiger partial charge in [0.05, 0.1) is 5.69 Å². The van der Waals surface area contributed by atoms with Gasteiger partial charge in [-0.3, -0.25) is 19.3 Å². The van der Waals surface area contributed by atoms with Gasteiger partial charge in [0, 0.05) is 60.5 Å². The maximum absolute atomic E-state index is 13.7. The lowest BCUT2D eigenvalue weighted by Gasteiger charge is -2.39. The number of aromatic amines is 1. The van der Waals surface area contributed by atoms with Crippen molar-refractivity contribution >= 4 is 61.6 Å². The Labute approximate surface area is 253 Å². The number of hydrogen-bond donors (Lipinski definition) is 2. The number of thiazole rings is 1. The highest BCUT2D eigenvalue weighted by molar-refractivity contribution is 7.89. The molecule has 2 N–H and O–H groups in total. The number of hydrogen-bond acceptors (Lipinski definition) is 9. The van der Waals surface area contributed by atoms with Gasteiger partial charge in [0.2, 0.25) is 5.91 Å². The van der Waals surface area contributed by atoms with Crippen LogP contribution in [0.1, 0.15) is 41.1 Å². The number of sulfonamides is 1. The van der Waals surface area contributed by atoms with Crippen LogP contribution in [0.25, 0.3) is 10.9 Å². The van der Waals surface area contributed by atoms with Gasteiger partial charge in [-0.25, -0.2) is 13.4 Å². The molecule has 2 aromatic heterocycles. The number of likely N-dealkylation sites (N-methyl/N-ethyl adjacent to an activating group) is 2. The molecule has 4 heterocycles. The molecule has 42 heavy (non-hydrogen) atoms. The summed E-state index contributed by atoms with van der Waals surface area (Å²) in [6.07, 6.45) is 0.297. The molecule has 15 heteroatoms. The number of nitrogens with one attached hydrogen (secondary N) is 2. The maximum atomic E-state index is 13.7. The first-order valence-electron chi connectivity index (χ1n) is 13.4. The fourth-order valence-electron chi connectivity index (χ4n) is 5.15. The smallest absolute Gasteiger partial charge is 0.324 e. The molecule has 1 aromatic carbocycles. The summed E-state index contributed by atoms with van der Waals surface area (Å²) in [7, 11) is -0.746. The molecule has 3 aromatic rings. The number of H-pyrrole nitrogens is 1. The van der Waals surface area contributed by atoms with Gasteiger partial charge in [0.1, 0.15) is 22.7 Å². The van der Waals surface area contributed by atoms with E-state index >= 15 is 0 Å². The lowest BCUT2D eigenvalue weighted by molar-refractivity contribution is -0.161. The predicted molar refractivity (Wildman–Crippen MR) is 158 cm³/mol. The van der Waals surface area contributed by atoms with Crippen LogP contribution in [0.15, 0.2) is 29.3 Å². The van der Waals surface area contributed by atoms with Crippen molar-refractivity contribution in [3.05, 3.63) is 44.9 Å². The van der Waals surface area contributed by atoms with Gasteiger partial charge in [-0.05, 0) is 52.1 Å². The van der Waals surface area contributed by atoms with Crippen molar-refractivity contribution in [2.75, 3.05) is 33.7 Å². The summed E-state index contributed by atoms with van der Waals surface area (Å²) < 4.78 is 33.9. The first-order valence-corrected chi connectivity index (χ1v) is 16.0. The van der Waals surface area contributed by atoms with Gasteiger partial charge in [-0.1, -0.05) is 11.6 Å². The predicted octanol–water partition coefficient (Wildman–Crippen LogP) is 2.24. The number of ether oxygens (including phenoxy) is 1. The third-order valence-electron chi connectivity index (χ3n) is 7.28. The van der Waals surface area contributed by atoms with E-state index in [-0.39, 0.29) is 35.6 Å². The minimum Gasteiger partial charge on any atom is -0.459 e. The SMILES string of the molecule is CNC(=O)C1CN(S(=O)(=O)c2cc3cc(Cl)ccc3[nH]2)CCN1C(=O)c1nc2c(s1)CN(C)C(C(=O)OC(C)(C)C)C2. The Bertz CT molecular complexity index is 1660. The van der Waals surface area contributed by atoms with E-state index in [0.29, 0.717) is 34.6 Å². The lowest BCUT2D eigenvalue weighted by atomic mass is 10.0. The molecule has 2 aliphatic heterocycles. The van der Waals surface area contributed by atoms with Crippen LogP contribution in [0.4, 0.5) is 0 Å². The Morgan fingerprint density at radius 2 is 1.90 bits per heavy atom. The van der Waals surface area contributed by atoms with Crippen molar-refractivity contribution in [2.24, 2.45) is 0 Å². The van der Waals surface area contributed by atoms with E-state index in [1.807, 2.05) is 32.7 Å². The minimum absolute atomic E-state index is 0.00705. The summed E-state index contributed by atoms with van der Waals surface area (Å²) in [5, 5.41) is 3.84. The number of carbonyl (C=O) groups excluding carboxylic acids is 3. The fraction of sp³-hybridized carbons (Fsp3) is 0.481. The summed E-state index contributed by atoms with van der Waals surface area (Å²) in [6.45, 7) is 5.61. The summed E-state index contributed by atoms with van der Waals surface area (Å²) in [4.78, 5) is 51.0. The number of halogens is 1. The van der Waals surface area contributed by atoms with E-state index in [1.165, 1.54) is 33.7 Å². The molecule has 2 atom stereocenters. The number of piperazine rings is 1. The molecule has 2 aliphatic rings. The Morgan fingerprint density at radius 3 is 2.60 bits per heavy atom.